The molecular weight excluding hydrogens is 252 g/mol. The molecule has 1 aliphatic rings. The fourth-order valence-electron chi connectivity index (χ4n) is 3.61. The molecule has 5 nitrogen and oxygen atoms in total. The van der Waals surface area contributed by atoms with Gasteiger partial charge in [-0.25, -0.2) is 9.78 Å². The van der Waals surface area contributed by atoms with Gasteiger partial charge in [0.2, 0.25) is 0 Å². The standard InChI is InChI=1S/C15H18N4O/c1-9-3-2-4-10(7-9)19-13-11-5-6-16-14(11)17-8-12(13)18-15(19)20/h5-6,8-10H,2-4,7H2,1H3,(H,16,17)(H,18,20). The van der Waals surface area contributed by atoms with E-state index in [-0.39, 0.29) is 5.69 Å². The lowest BCUT2D eigenvalue weighted by Crippen LogP contribution is -2.26. The van der Waals surface area contributed by atoms with Gasteiger partial charge in [-0.15, -0.1) is 0 Å². The minimum absolute atomic E-state index is 0.00500. The summed E-state index contributed by atoms with van der Waals surface area (Å²) in [7, 11) is 0. The topological polar surface area (TPSA) is 66.5 Å². The van der Waals surface area contributed by atoms with Gasteiger partial charge in [0.05, 0.1) is 17.2 Å². The zero-order chi connectivity index (χ0) is 13.7. The summed E-state index contributed by atoms with van der Waals surface area (Å²) in [5.41, 5.74) is 2.67. The second-order valence-corrected chi connectivity index (χ2v) is 5.99. The quantitative estimate of drug-likeness (QED) is 0.714. The number of imidazole rings is 1. The molecule has 104 valence electrons. The molecule has 0 radical (unpaired) electrons. The van der Waals surface area contributed by atoms with Gasteiger partial charge in [-0.3, -0.25) is 4.57 Å². The fraction of sp³-hybridized carbons (Fsp3) is 0.467. The zero-order valence-corrected chi connectivity index (χ0v) is 11.5. The summed E-state index contributed by atoms with van der Waals surface area (Å²) in [5, 5.41) is 1.03. The third-order valence-corrected chi connectivity index (χ3v) is 4.53. The van der Waals surface area contributed by atoms with Gasteiger partial charge in [-0.2, -0.15) is 0 Å². The fourth-order valence-corrected chi connectivity index (χ4v) is 3.61. The first-order chi connectivity index (χ1) is 9.74. The first-order valence-electron chi connectivity index (χ1n) is 7.30. The molecule has 0 saturated heterocycles. The molecule has 1 saturated carbocycles. The van der Waals surface area contributed by atoms with Crippen LogP contribution in [-0.2, 0) is 0 Å². The highest BCUT2D eigenvalue weighted by atomic mass is 16.1. The predicted octanol–water partition coefficient (Wildman–Crippen LogP) is 2.96. The number of aromatic amines is 2. The summed E-state index contributed by atoms with van der Waals surface area (Å²) in [5.74, 6) is 0.689. The largest absolute Gasteiger partial charge is 0.346 e. The van der Waals surface area contributed by atoms with E-state index in [0.29, 0.717) is 12.0 Å². The molecule has 3 aromatic heterocycles. The number of H-pyrrole nitrogens is 2. The van der Waals surface area contributed by atoms with Crippen molar-refractivity contribution in [2.45, 2.75) is 38.6 Å². The summed E-state index contributed by atoms with van der Waals surface area (Å²) < 4.78 is 1.96. The van der Waals surface area contributed by atoms with Gasteiger partial charge in [0.15, 0.2) is 0 Å². The Morgan fingerprint density at radius 1 is 1.40 bits per heavy atom. The van der Waals surface area contributed by atoms with Crippen molar-refractivity contribution in [3.63, 3.8) is 0 Å². The van der Waals surface area contributed by atoms with Crippen molar-refractivity contribution in [1.82, 2.24) is 19.5 Å². The van der Waals surface area contributed by atoms with Crippen LogP contribution in [0.4, 0.5) is 0 Å². The van der Waals surface area contributed by atoms with Gasteiger partial charge in [0.1, 0.15) is 5.65 Å². The van der Waals surface area contributed by atoms with Gasteiger partial charge >= 0.3 is 5.69 Å². The Balaban J connectivity index is 1.99. The van der Waals surface area contributed by atoms with Crippen molar-refractivity contribution in [2.24, 2.45) is 5.92 Å². The molecule has 2 unspecified atom stereocenters. The van der Waals surface area contributed by atoms with Crippen LogP contribution in [0.2, 0.25) is 0 Å². The van der Waals surface area contributed by atoms with Crippen LogP contribution < -0.4 is 5.69 Å². The van der Waals surface area contributed by atoms with Crippen LogP contribution in [-0.4, -0.2) is 19.5 Å². The number of nitrogens with zero attached hydrogens (tertiary/aromatic N) is 2. The Labute approximate surface area is 116 Å². The molecule has 0 aliphatic heterocycles. The molecule has 20 heavy (non-hydrogen) atoms. The van der Waals surface area contributed by atoms with Crippen molar-refractivity contribution < 1.29 is 0 Å². The van der Waals surface area contributed by atoms with Gasteiger partial charge in [0.25, 0.3) is 0 Å². The number of hydrogen-bond acceptors (Lipinski definition) is 2. The molecular formula is C15H18N4O. The van der Waals surface area contributed by atoms with Crippen molar-refractivity contribution in [3.8, 4) is 0 Å². The Bertz CT molecular complexity index is 825. The molecule has 3 aromatic rings. The molecule has 1 fully saturated rings. The maximum atomic E-state index is 12.4. The van der Waals surface area contributed by atoms with Gasteiger partial charge in [0, 0.05) is 17.6 Å². The number of aromatic nitrogens is 4. The first kappa shape index (κ1) is 11.8. The lowest BCUT2D eigenvalue weighted by atomic mass is 9.87. The lowest BCUT2D eigenvalue weighted by molar-refractivity contribution is 0.283. The minimum Gasteiger partial charge on any atom is -0.346 e. The van der Waals surface area contributed by atoms with Crippen molar-refractivity contribution in [1.29, 1.82) is 0 Å². The van der Waals surface area contributed by atoms with Crippen molar-refractivity contribution in [3.05, 3.63) is 28.9 Å². The SMILES string of the molecule is CC1CCCC(n2c(=O)[nH]c3cnc4[nH]ccc4c32)C1. The Kier molecular flexibility index (Phi) is 2.49. The van der Waals surface area contributed by atoms with E-state index in [1.807, 2.05) is 16.8 Å². The van der Waals surface area contributed by atoms with E-state index in [0.717, 1.165) is 34.9 Å². The number of hydrogen-bond donors (Lipinski definition) is 2. The third kappa shape index (κ3) is 1.62. The summed E-state index contributed by atoms with van der Waals surface area (Å²) >= 11 is 0. The summed E-state index contributed by atoms with van der Waals surface area (Å²) in [6.45, 7) is 2.28. The lowest BCUT2D eigenvalue weighted by Gasteiger charge is -2.27. The highest BCUT2D eigenvalue weighted by molar-refractivity contribution is 6.00. The number of nitrogens with one attached hydrogen (secondary N) is 2. The number of fused-ring (bicyclic) bond motifs is 3. The van der Waals surface area contributed by atoms with E-state index in [4.69, 9.17) is 0 Å². The van der Waals surface area contributed by atoms with E-state index in [1.54, 1.807) is 6.20 Å². The van der Waals surface area contributed by atoms with E-state index >= 15 is 0 Å². The average Bonchev–Trinajstić information content (AvgIpc) is 3.00. The summed E-state index contributed by atoms with van der Waals surface area (Å²) in [4.78, 5) is 22.8. The van der Waals surface area contributed by atoms with Gasteiger partial charge < -0.3 is 9.97 Å². The molecule has 2 atom stereocenters. The maximum Gasteiger partial charge on any atom is 0.326 e. The molecule has 0 aromatic carbocycles. The maximum absolute atomic E-state index is 12.4. The Hall–Kier alpha value is -2.04. The van der Waals surface area contributed by atoms with Gasteiger partial charge in [-0.1, -0.05) is 19.8 Å². The van der Waals surface area contributed by atoms with E-state index in [2.05, 4.69) is 21.9 Å². The predicted molar refractivity (Wildman–Crippen MR) is 78.9 cm³/mol. The third-order valence-electron chi connectivity index (χ3n) is 4.53. The molecule has 0 spiro atoms. The average molecular weight is 270 g/mol. The molecule has 4 rings (SSSR count). The molecule has 0 amide bonds. The van der Waals surface area contributed by atoms with Crippen LogP contribution in [0.15, 0.2) is 23.3 Å². The number of rotatable bonds is 1. The molecule has 0 bridgehead atoms. The highest BCUT2D eigenvalue weighted by Gasteiger charge is 2.24. The van der Waals surface area contributed by atoms with Crippen LogP contribution >= 0.6 is 0 Å². The summed E-state index contributed by atoms with van der Waals surface area (Å²) in [6.07, 6.45) is 8.27. The van der Waals surface area contributed by atoms with Crippen LogP contribution in [0, 0.1) is 5.92 Å². The van der Waals surface area contributed by atoms with E-state index in [1.165, 1.54) is 12.8 Å². The smallest absolute Gasteiger partial charge is 0.326 e. The second-order valence-electron chi connectivity index (χ2n) is 5.99. The van der Waals surface area contributed by atoms with Crippen molar-refractivity contribution in [2.75, 3.05) is 0 Å². The van der Waals surface area contributed by atoms with Crippen LogP contribution in [0.1, 0.15) is 38.6 Å². The molecule has 1 aliphatic carbocycles. The van der Waals surface area contributed by atoms with E-state index < -0.39 is 0 Å². The normalized spacial score (nSPS) is 23.6. The Morgan fingerprint density at radius 3 is 3.15 bits per heavy atom. The molecule has 5 heteroatoms. The first-order valence-corrected chi connectivity index (χ1v) is 7.30. The van der Waals surface area contributed by atoms with E-state index in [9.17, 15) is 4.79 Å². The highest BCUT2D eigenvalue weighted by Crippen LogP contribution is 2.34. The second kappa shape index (κ2) is 4.23. The monoisotopic (exact) mass is 270 g/mol. The van der Waals surface area contributed by atoms with Crippen LogP contribution in [0.25, 0.3) is 22.1 Å². The molecule has 3 heterocycles. The minimum atomic E-state index is -0.00500. The van der Waals surface area contributed by atoms with Crippen LogP contribution in [0.5, 0.6) is 0 Å². The van der Waals surface area contributed by atoms with Crippen LogP contribution in [0.3, 0.4) is 0 Å². The zero-order valence-electron chi connectivity index (χ0n) is 11.5. The number of pyridine rings is 1. The van der Waals surface area contributed by atoms with Gasteiger partial charge in [-0.05, 0) is 24.8 Å². The molecule has 2 N–H and O–H groups in total. The van der Waals surface area contributed by atoms with Crippen molar-refractivity contribution >= 4 is 22.1 Å². The summed E-state index contributed by atoms with van der Waals surface area (Å²) in [6, 6.07) is 2.31. The Morgan fingerprint density at radius 2 is 2.30 bits per heavy atom.